The first kappa shape index (κ1) is 19.5. The maximum atomic E-state index is 12.5. The molecule has 2 aliphatic rings. The third kappa shape index (κ3) is 4.95. The van der Waals surface area contributed by atoms with E-state index in [2.05, 4.69) is 22.3 Å². The molecule has 2 aromatic rings. The smallest absolute Gasteiger partial charge is 0.279 e. The molecule has 0 atom stereocenters. The van der Waals surface area contributed by atoms with E-state index in [9.17, 15) is 9.59 Å². The van der Waals surface area contributed by atoms with Gasteiger partial charge in [-0.15, -0.1) is 0 Å². The molecule has 2 N–H and O–H groups in total. The third-order valence-electron chi connectivity index (χ3n) is 5.81. The lowest BCUT2D eigenvalue weighted by Gasteiger charge is -2.32. The van der Waals surface area contributed by atoms with Gasteiger partial charge in [0.25, 0.3) is 11.8 Å². The quantitative estimate of drug-likeness (QED) is 0.804. The van der Waals surface area contributed by atoms with Gasteiger partial charge < -0.3 is 20.0 Å². The van der Waals surface area contributed by atoms with Gasteiger partial charge in [-0.2, -0.15) is 0 Å². The van der Waals surface area contributed by atoms with Crippen LogP contribution in [0.3, 0.4) is 0 Å². The Labute approximate surface area is 172 Å². The third-order valence-corrected chi connectivity index (χ3v) is 5.81. The molecule has 0 bridgehead atoms. The zero-order chi connectivity index (χ0) is 20.1. The summed E-state index contributed by atoms with van der Waals surface area (Å²) >= 11 is 0. The Morgan fingerprint density at radius 2 is 1.52 bits per heavy atom. The Hall–Kier alpha value is -2.86. The van der Waals surface area contributed by atoms with Crippen LogP contribution in [0.5, 0.6) is 0 Å². The van der Waals surface area contributed by atoms with Crippen molar-refractivity contribution in [2.45, 2.75) is 12.8 Å². The number of nitrogens with zero attached hydrogens (tertiary/aromatic N) is 2. The first-order valence-corrected chi connectivity index (χ1v) is 10.5. The summed E-state index contributed by atoms with van der Waals surface area (Å²) < 4.78 is 0. The topological polar surface area (TPSA) is 57.1 Å². The lowest BCUT2D eigenvalue weighted by molar-refractivity contribution is -0.895. The lowest BCUT2D eigenvalue weighted by Crippen LogP contribution is -3.15. The van der Waals surface area contributed by atoms with E-state index >= 15 is 0 Å². The molecule has 6 heteroatoms. The average Bonchev–Trinajstić information content (AvgIpc) is 3.30. The van der Waals surface area contributed by atoms with Crippen molar-refractivity contribution >= 4 is 23.2 Å². The van der Waals surface area contributed by atoms with Crippen molar-refractivity contribution in [3.05, 3.63) is 60.2 Å². The van der Waals surface area contributed by atoms with Crippen LogP contribution < -0.4 is 15.1 Å². The van der Waals surface area contributed by atoms with Crippen molar-refractivity contribution in [3.63, 3.8) is 0 Å². The summed E-state index contributed by atoms with van der Waals surface area (Å²) in [6, 6.07) is 17.5. The fraction of sp³-hybridized carbons (Fsp3) is 0.391. The number of carbonyl (C=O) groups is 2. The number of piperazine rings is 1. The standard InChI is InChI=1S/C23H28N4O2/c28-22(24-20-8-10-21(11-9-20)26-12-4-5-13-26)18-25-14-16-27(17-15-25)23(29)19-6-2-1-3-7-19/h1-3,6-11H,4-5,12-18H2,(H,24,28)/p+1. The van der Waals surface area contributed by atoms with E-state index < -0.39 is 0 Å². The highest BCUT2D eigenvalue weighted by atomic mass is 16.2. The number of carbonyl (C=O) groups excluding carboxylic acids is 2. The van der Waals surface area contributed by atoms with E-state index in [0.717, 1.165) is 37.4 Å². The van der Waals surface area contributed by atoms with Crippen molar-refractivity contribution < 1.29 is 14.5 Å². The Morgan fingerprint density at radius 1 is 0.862 bits per heavy atom. The highest BCUT2D eigenvalue weighted by molar-refractivity contribution is 5.94. The number of quaternary nitrogens is 1. The zero-order valence-electron chi connectivity index (χ0n) is 16.8. The average molecular weight is 394 g/mol. The molecule has 0 spiro atoms. The van der Waals surface area contributed by atoms with E-state index in [-0.39, 0.29) is 11.8 Å². The molecular weight excluding hydrogens is 364 g/mol. The maximum absolute atomic E-state index is 12.5. The molecular formula is C23H29N4O2+. The fourth-order valence-corrected chi connectivity index (χ4v) is 4.13. The van der Waals surface area contributed by atoms with Gasteiger partial charge in [0.15, 0.2) is 6.54 Å². The van der Waals surface area contributed by atoms with Crippen molar-refractivity contribution in [3.8, 4) is 0 Å². The molecule has 4 rings (SSSR count). The summed E-state index contributed by atoms with van der Waals surface area (Å²) in [6.07, 6.45) is 2.51. The molecule has 2 fully saturated rings. The number of rotatable bonds is 5. The van der Waals surface area contributed by atoms with Crippen molar-refractivity contribution in [2.24, 2.45) is 0 Å². The molecule has 6 nitrogen and oxygen atoms in total. The van der Waals surface area contributed by atoms with Gasteiger partial charge in [-0.3, -0.25) is 9.59 Å². The zero-order valence-corrected chi connectivity index (χ0v) is 16.8. The summed E-state index contributed by atoms with van der Waals surface area (Å²) in [5, 5.41) is 3.01. The summed E-state index contributed by atoms with van der Waals surface area (Å²) in [6.45, 7) is 5.62. The van der Waals surface area contributed by atoms with E-state index in [1.54, 1.807) is 0 Å². The second-order valence-electron chi connectivity index (χ2n) is 7.87. The number of amides is 2. The molecule has 0 unspecified atom stereocenters. The van der Waals surface area contributed by atoms with Gasteiger partial charge in [-0.05, 0) is 49.2 Å². The number of anilines is 2. The summed E-state index contributed by atoms with van der Waals surface area (Å²) in [4.78, 5) is 30.4. The van der Waals surface area contributed by atoms with Crippen molar-refractivity contribution in [1.82, 2.24) is 4.90 Å². The van der Waals surface area contributed by atoms with Gasteiger partial charge in [-0.25, -0.2) is 0 Å². The van der Waals surface area contributed by atoms with Crippen LogP contribution in [-0.2, 0) is 4.79 Å². The Bertz CT molecular complexity index is 824. The predicted molar refractivity (Wildman–Crippen MR) is 114 cm³/mol. The van der Waals surface area contributed by atoms with Gasteiger partial charge in [0.1, 0.15) is 0 Å². The van der Waals surface area contributed by atoms with Gasteiger partial charge >= 0.3 is 0 Å². The van der Waals surface area contributed by atoms with Crippen LogP contribution in [0.15, 0.2) is 54.6 Å². The second kappa shape index (κ2) is 9.09. The largest absolute Gasteiger partial charge is 0.372 e. The second-order valence-corrected chi connectivity index (χ2v) is 7.87. The molecule has 2 aromatic carbocycles. The van der Waals surface area contributed by atoms with Crippen LogP contribution in [0.1, 0.15) is 23.2 Å². The molecule has 0 radical (unpaired) electrons. The van der Waals surface area contributed by atoms with Crippen molar-refractivity contribution in [1.29, 1.82) is 0 Å². The highest BCUT2D eigenvalue weighted by Crippen LogP contribution is 2.21. The Kier molecular flexibility index (Phi) is 6.10. The summed E-state index contributed by atoms with van der Waals surface area (Å²) in [5.74, 6) is 0.101. The number of hydrogen-bond donors (Lipinski definition) is 2. The first-order valence-electron chi connectivity index (χ1n) is 10.5. The van der Waals surface area contributed by atoms with Crippen LogP contribution in [0.25, 0.3) is 0 Å². The van der Waals surface area contributed by atoms with E-state index in [1.807, 2.05) is 47.4 Å². The van der Waals surface area contributed by atoms with E-state index in [0.29, 0.717) is 19.6 Å². The monoisotopic (exact) mass is 393 g/mol. The minimum Gasteiger partial charge on any atom is -0.372 e. The predicted octanol–water partition coefficient (Wildman–Crippen LogP) is 1.27. The Balaban J connectivity index is 1.23. The molecule has 152 valence electrons. The maximum Gasteiger partial charge on any atom is 0.279 e. The first-order chi connectivity index (χ1) is 14.2. The number of benzene rings is 2. The van der Waals surface area contributed by atoms with Crippen LogP contribution in [0.2, 0.25) is 0 Å². The molecule has 2 amide bonds. The van der Waals surface area contributed by atoms with Crippen LogP contribution in [0, 0.1) is 0 Å². The SMILES string of the molecule is O=C(C[NH+]1CCN(C(=O)c2ccccc2)CC1)Nc1ccc(N2CCCC2)cc1. The van der Waals surface area contributed by atoms with Gasteiger partial charge in [0, 0.05) is 30.0 Å². The summed E-state index contributed by atoms with van der Waals surface area (Å²) in [7, 11) is 0. The van der Waals surface area contributed by atoms with Crippen LogP contribution >= 0.6 is 0 Å². The Morgan fingerprint density at radius 3 is 2.17 bits per heavy atom. The van der Waals surface area contributed by atoms with Gasteiger partial charge in [-0.1, -0.05) is 18.2 Å². The lowest BCUT2D eigenvalue weighted by atomic mass is 10.2. The number of hydrogen-bond acceptors (Lipinski definition) is 3. The van der Waals surface area contributed by atoms with Crippen molar-refractivity contribution in [2.75, 3.05) is 56.0 Å². The van der Waals surface area contributed by atoms with Crippen LogP contribution in [-0.4, -0.2) is 62.5 Å². The highest BCUT2D eigenvalue weighted by Gasteiger charge is 2.25. The fourth-order valence-electron chi connectivity index (χ4n) is 4.13. The minimum absolute atomic E-state index is 0.0248. The molecule has 2 heterocycles. The molecule has 2 saturated heterocycles. The van der Waals surface area contributed by atoms with Crippen LogP contribution in [0.4, 0.5) is 11.4 Å². The molecule has 0 saturated carbocycles. The molecule has 2 aliphatic heterocycles. The van der Waals surface area contributed by atoms with E-state index in [4.69, 9.17) is 0 Å². The van der Waals surface area contributed by atoms with Gasteiger partial charge in [0.05, 0.1) is 26.2 Å². The van der Waals surface area contributed by atoms with E-state index in [1.165, 1.54) is 23.4 Å². The molecule has 0 aliphatic carbocycles. The normalized spacial score (nSPS) is 17.4. The molecule has 29 heavy (non-hydrogen) atoms. The van der Waals surface area contributed by atoms with Gasteiger partial charge in [0.2, 0.25) is 0 Å². The molecule has 0 aromatic heterocycles. The summed E-state index contributed by atoms with van der Waals surface area (Å²) in [5.41, 5.74) is 2.80. The number of nitrogens with one attached hydrogen (secondary N) is 2. The minimum atomic E-state index is 0.0248.